The molecule has 0 unspecified atom stereocenters. The number of nitrogens with zero attached hydrogens (tertiary/aromatic N) is 1. The van der Waals surface area contributed by atoms with Crippen LogP contribution in [0.5, 0.6) is 0 Å². The second-order valence-electron chi connectivity index (χ2n) is 4.66. The van der Waals surface area contributed by atoms with Crippen LogP contribution in [0.2, 0.25) is 0 Å². The molecule has 0 spiro atoms. The highest BCUT2D eigenvalue weighted by atomic mass is 19.1. The summed E-state index contributed by atoms with van der Waals surface area (Å²) >= 11 is 0. The highest BCUT2D eigenvalue weighted by Crippen LogP contribution is 2.21. The third-order valence-electron chi connectivity index (χ3n) is 3.20. The van der Waals surface area contributed by atoms with Crippen molar-refractivity contribution in [2.24, 2.45) is 0 Å². The monoisotopic (exact) mass is 292 g/mol. The lowest BCUT2D eigenvalue weighted by Crippen LogP contribution is -2.19. The molecule has 4 nitrogen and oxygen atoms in total. The maximum absolute atomic E-state index is 13.9. The summed E-state index contributed by atoms with van der Waals surface area (Å²) in [6.07, 6.45) is 0. The molecule has 1 atom stereocenters. The van der Waals surface area contributed by atoms with Gasteiger partial charge in [-0.05, 0) is 24.6 Å². The molecule has 0 bridgehead atoms. The van der Waals surface area contributed by atoms with Crippen molar-refractivity contribution in [1.82, 2.24) is 5.32 Å². The van der Waals surface area contributed by atoms with E-state index in [4.69, 9.17) is 0 Å². The van der Waals surface area contributed by atoms with E-state index in [2.05, 4.69) is 5.32 Å². The molecule has 0 aliphatic rings. The molecule has 0 aliphatic carbocycles. The van der Waals surface area contributed by atoms with E-state index >= 15 is 0 Å². The summed E-state index contributed by atoms with van der Waals surface area (Å²) in [5, 5.41) is 13.7. The standard InChI is InChI=1S/C15H14F2N2O2/c1-10(11-4-2-6-13(16)8-11)18-9-12-5-3-7-14(15(12)17)19(20)21/h2-8,10,18H,9H2,1H3/t10-/m0/s1. The molecule has 1 N–H and O–H groups in total. The van der Waals surface area contributed by atoms with Gasteiger partial charge in [0.25, 0.3) is 0 Å². The Morgan fingerprint density at radius 2 is 1.95 bits per heavy atom. The molecule has 0 radical (unpaired) electrons. The van der Waals surface area contributed by atoms with Crippen molar-refractivity contribution >= 4 is 5.69 Å². The smallest absolute Gasteiger partial charge is 0.305 e. The number of nitro benzene ring substituents is 1. The first kappa shape index (κ1) is 15.1. The topological polar surface area (TPSA) is 55.2 Å². The zero-order valence-electron chi connectivity index (χ0n) is 11.3. The SMILES string of the molecule is C[C@H](NCc1cccc([N+](=O)[O-])c1F)c1cccc(F)c1. The zero-order chi connectivity index (χ0) is 15.4. The van der Waals surface area contributed by atoms with Gasteiger partial charge in [0.05, 0.1) is 4.92 Å². The Balaban J connectivity index is 2.10. The summed E-state index contributed by atoms with van der Waals surface area (Å²) < 4.78 is 27.0. The van der Waals surface area contributed by atoms with Gasteiger partial charge in [-0.25, -0.2) is 4.39 Å². The minimum Gasteiger partial charge on any atom is -0.306 e. The molecule has 110 valence electrons. The minimum atomic E-state index is -0.846. The Morgan fingerprint density at radius 1 is 1.24 bits per heavy atom. The quantitative estimate of drug-likeness (QED) is 0.675. The molecule has 0 saturated heterocycles. The number of nitro groups is 1. The van der Waals surface area contributed by atoms with Gasteiger partial charge in [0.1, 0.15) is 5.82 Å². The van der Waals surface area contributed by atoms with Crippen molar-refractivity contribution in [3.8, 4) is 0 Å². The van der Waals surface area contributed by atoms with E-state index in [1.165, 1.54) is 24.3 Å². The van der Waals surface area contributed by atoms with Crippen molar-refractivity contribution in [2.75, 3.05) is 0 Å². The molecule has 0 amide bonds. The normalized spacial score (nSPS) is 12.1. The first-order chi connectivity index (χ1) is 9.99. The first-order valence-electron chi connectivity index (χ1n) is 6.39. The third-order valence-corrected chi connectivity index (χ3v) is 3.20. The second-order valence-corrected chi connectivity index (χ2v) is 4.66. The Kier molecular flexibility index (Phi) is 4.59. The Morgan fingerprint density at radius 3 is 2.62 bits per heavy atom. The van der Waals surface area contributed by atoms with Gasteiger partial charge in [0.2, 0.25) is 5.82 Å². The van der Waals surface area contributed by atoms with Gasteiger partial charge in [-0.3, -0.25) is 10.1 Å². The van der Waals surface area contributed by atoms with Crippen molar-refractivity contribution in [3.05, 3.63) is 75.3 Å². The number of rotatable bonds is 5. The maximum Gasteiger partial charge on any atom is 0.305 e. The number of hydrogen-bond acceptors (Lipinski definition) is 3. The van der Waals surface area contributed by atoms with Crippen molar-refractivity contribution < 1.29 is 13.7 Å². The summed E-state index contributed by atoms with van der Waals surface area (Å²) in [6.45, 7) is 1.93. The molecule has 2 rings (SSSR count). The van der Waals surface area contributed by atoms with Gasteiger partial charge < -0.3 is 5.32 Å². The summed E-state index contributed by atoms with van der Waals surface area (Å²) in [6, 6.07) is 9.91. The highest BCUT2D eigenvalue weighted by Gasteiger charge is 2.17. The third kappa shape index (κ3) is 3.61. The average molecular weight is 292 g/mol. The van der Waals surface area contributed by atoms with Crippen molar-refractivity contribution in [2.45, 2.75) is 19.5 Å². The van der Waals surface area contributed by atoms with E-state index in [1.807, 2.05) is 6.92 Å². The molecular formula is C15H14F2N2O2. The van der Waals surface area contributed by atoms with E-state index in [9.17, 15) is 18.9 Å². The van der Waals surface area contributed by atoms with Crippen LogP contribution in [0.1, 0.15) is 24.1 Å². The minimum absolute atomic E-state index is 0.116. The van der Waals surface area contributed by atoms with Gasteiger partial charge in [-0.2, -0.15) is 4.39 Å². The number of halogens is 2. The van der Waals surface area contributed by atoms with Crippen LogP contribution >= 0.6 is 0 Å². The fraction of sp³-hybridized carbons (Fsp3) is 0.200. The molecule has 0 fully saturated rings. The van der Waals surface area contributed by atoms with Crippen LogP contribution in [0.3, 0.4) is 0 Å². The maximum atomic E-state index is 13.9. The van der Waals surface area contributed by atoms with E-state index in [0.717, 1.165) is 11.6 Å². The number of benzene rings is 2. The molecule has 6 heteroatoms. The zero-order valence-corrected chi connectivity index (χ0v) is 11.3. The van der Waals surface area contributed by atoms with E-state index in [1.54, 1.807) is 12.1 Å². The molecule has 0 aromatic heterocycles. The predicted octanol–water partition coefficient (Wildman–Crippen LogP) is 3.72. The first-order valence-corrected chi connectivity index (χ1v) is 6.39. The van der Waals surface area contributed by atoms with Crippen LogP contribution in [0.25, 0.3) is 0 Å². The van der Waals surface area contributed by atoms with Crippen LogP contribution < -0.4 is 5.32 Å². The summed E-state index contributed by atoms with van der Waals surface area (Å²) in [4.78, 5) is 9.92. The van der Waals surface area contributed by atoms with Crippen LogP contribution in [0, 0.1) is 21.7 Å². The number of hydrogen-bond donors (Lipinski definition) is 1. The largest absolute Gasteiger partial charge is 0.306 e. The van der Waals surface area contributed by atoms with Crippen molar-refractivity contribution in [1.29, 1.82) is 0 Å². The summed E-state index contributed by atoms with van der Waals surface area (Å²) in [5.74, 6) is -1.19. The lowest BCUT2D eigenvalue weighted by molar-refractivity contribution is -0.387. The Labute approximate surface area is 120 Å². The van der Waals surface area contributed by atoms with Gasteiger partial charge >= 0.3 is 5.69 Å². The van der Waals surface area contributed by atoms with Crippen LogP contribution in [-0.2, 0) is 6.54 Å². The fourth-order valence-electron chi connectivity index (χ4n) is 2.00. The molecule has 2 aromatic carbocycles. The Hall–Kier alpha value is -2.34. The van der Waals surface area contributed by atoms with E-state index < -0.39 is 16.4 Å². The highest BCUT2D eigenvalue weighted by molar-refractivity contribution is 5.36. The summed E-state index contributed by atoms with van der Waals surface area (Å²) in [5.41, 5.74) is 0.376. The molecule has 0 heterocycles. The molecular weight excluding hydrogens is 278 g/mol. The van der Waals surface area contributed by atoms with Gasteiger partial charge in [-0.15, -0.1) is 0 Å². The van der Waals surface area contributed by atoms with Crippen LogP contribution in [0.4, 0.5) is 14.5 Å². The lowest BCUT2D eigenvalue weighted by Gasteiger charge is -2.14. The second kappa shape index (κ2) is 6.41. The van der Waals surface area contributed by atoms with Gasteiger partial charge in [0.15, 0.2) is 0 Å². The molecule has 21 heavy (non-hydrogen) atoms. The Bertz CT molecular complexity index is 662. The van der Waals surface area contributed by atoms with Gasteiger partial charge in [-0.1, -0.05) is 24.3 Å². The van der Waals surface area contributed by atoms with E-state index in [-0.39, 0.29) is 24.0 Å². The molecule has 2 aromatic rings. The van der Waals surface area contributed by atoms with E-state index in [0.29, 0.717) is 0 Å². The van der Waals surface area contributed by atoms with Crippen LogP contribution in [-0.4, -0.2) is 4.92 Å². The van der Waals surface area contributed by atoms with Crippen molar-refractivity contribution in [3.63, 3.8) is 0 Å². The predicted molar refractivity (Wildman–Crippen MR) is 74.7 cm³/mol. The molecule has 0 saturated carbocycles. The summed E-state index contributed by atoms with van der Waals surface area (Å²) in [7, 11) is 0. The molecule has 0 aliphatic heterocycles. The van der Waals surface area contributed by atoms with Gasteiger partial charge in [0, 0.05) is 24.2 Å². The average Bonchev–Trinajstić information content (AvgIpc) is 2.45. The fourth-order valence-corrected chi connectivity index (χ4v) is 2.00. The lowest BCUT2D eigenvalue weighted by atomic mass is 10.1. The van der Waals surface area contributed by atoms with Crippen LogP contribution in [0.15, 0.2) is 42.5 Å². The number of nitrogens with one attached hydrogen (secondary N) is 1.